The molecule has 0 aliphatic heterocycles. The molecule has 6 heteroatoms. The zero-order valence-corrected chi connectivity index (χ0v) is 13.8. The van der Waals surface area contributed by atoms with Crippen LogP contribution in [0.15, 0.2) is 28.7 Å². The number of amides is 1. The zero-order chi connectivity index (χ0) is 15.7. The van der Waals surface area contributed by atoms with Gasteiger partial charge in [0, 0.05) is 10.5 Å². The Hall–Kier alpha value is -1.56. The third kappa shape index (κ3) is 7.70. The van der Waals surface area contributed by atoms with Gasteiger partial charge in [-0.15, -0.1) is 0 Å². The van der Waals surface area contributed by atoms with Gasteiger partial charge in [-0.3, -0.25) is 4.79 Å². The van der Waals surface area contributed by atoms with Gasteiger partial charge in [0.05, 0.1) is 0 Å². The molecule has 116 valence electrons. The fourth-order valence-corrected chi connectivity index (χ4v) is 2.09. The van der Waals surface area contributed by atoms with E-state index in [0.717, 1.165) is 17.3 Å². The molecule has 0 bridgehead atoms. The first-order valence-corrected chi connectivity index (χ1v) is 7.64. The Morgan fingerprint density at radius 2 is 2.10 bits per heavy atom. The maximum absolute atomic E-state index is 11.5. The Morgan fingerprint density at radius 1 is 1.33 bits per heavy atom. The monoisotopic (exact) mass is 357 g/mol. The number of nitrogens with one attached hydrogen (secondary N) is 1. The molecule has 0 spiro atoms. The summed E-state index contributed by atoms with van der Waals surface area (Å²) in [6.07, 6.45) is 1.88. The molecule has 1 aromatic carbocycles. The van der Waals surface area contributed by atoms with Crippen LogP contribution < -0.4 is 10.1 Å². The molecule has 5 nitrogen and oxygen atoms in total. The molecule has 1 aromatic rings. The number of esters is 1. The van der Waals surface area contributed by atoms with Crippen molar-refractivity contribution in [3.63, 3.8) is 0 Å². The number of hydrogen-bond donors (Lipinski definition) is 1. The number of carbonyl (C=O) groups excluding carboxylic acids is 2. The summed E-state index contributed by atoms with van der Waals surface area (Å²) in [6.45, 7) is 3.45. The minimum absolute atomic E-state index is 0.0825. The molecule has 1 atom stereocenters. The summed E-state index contributed by atoms with van der Waals surface area (Å²) in [4.78, 5) is 23.0. The lowest BCUT2D eigenvalue weighted by Gasteiger charge is -2.12. The first-order chi connectivity index (χ1) is 10.0. The standard InChI is InChI=1S/C15H20BrNO4/c1-3-5-11(2)17-14(18)9-21-15(19)10-20-13-7-4-6-12(16)8-13/h4,6-8,11H,3,5,9-10H2,1-2H3,(H,17,18). The van der Waals surface area contributed by atoms with Crippen LogP contribution in [0.3, 0.4) is 0 Å². The maximum Gasteiger partial charge on any atom is 0.344 e. The van der Waals surface area contributed by atoms with Crippen LogP contribution in [-0.2, 0) is 14.3 Å². The summed E-state index contributed by atoms with van der Waals surface area (Å²) in [5.74, 6) is -0.317. The predicted molar refractivity (Wildman–Crippen MR) is 83.1 cm³/mol. The summed E-state index contributed by atoms with van der Waals surface area (Å²) in [6, 6.07) is 7.21. The third-order valence-electron chi connectivity index (χ3n) is 2.65. The zero-order valence-electron chi connectivity index (χ0n) is 12.2. The van der Waals surface area contributed by atoms with Crippen molar-refractivity contribution in [1.82, 2.24) is 5.32 Å². The van der Waals surface area contributed by atoms with Crippen molar-refractivity contribution < 1.29 is 19.1 Å². The fourth-order valence-electron chi connectivity index (χ4n) is 1.71. The van der Waals surface area contributed by atoms with E-state index in [1.54, 1.807) is 18.2 Å². The molecule has 0 saturated heterocycles. The number of ether oxygens (including phenoxy) is 2. The minimum atomic E-state index is -0.576. The van der Waals surface area contributed by atoms with Gasteiger partial charge in [-0.2, -0.15) is 0 Å². The van der Waals surface area contributed by atoms with Gasteiger partial charge in [0.2, 0.25) is 0 Å². The Kier molecular flexibility index (Phi) is 7.82. The first kappa shape index (κ1) is 17.5. The smallest absolute Gasteiger partial charge is 0.344 e. The molecule has 1 rings (SSSR count). The molecule has 1 amide bonds. The van der Waals surface area contributed by atoms with E-state index in [0.29, 0.717) is 5.75 Å². The van der Waals surface area contributed by atoms with Crippen LogP contribution in [0.2, 0.25) is 0 Å². The first-order valence-electron chi connectivity index (χ1n) is 6.84. The molecule has 1 unspecified atom stereocenters. The quantitative estimate of drug-likeness (QED) is 0.726. The van der Waals surface area contributed by atoms with Gasteiger partial charge in [0.25, 0.3) is 5.91 Å². The van der Waals surface area contributed by atoms with Gasteiger partial charge in [0.15, 0.2) is 13.2 Å². The molecular weight excluding hydrogens is 338 g/mol. The average Bonchev–Trinajstić information content (AvgIpc) is 2.43. The van der Waals surface area contributed by atoms with Gasteiger partial charge < -0.3 is 14.8 Å². The Labute approximate surface area is 133 Å². The fraction of sp³-hybridized carbons (Fsp3) is 0.467. The predicted octanol–water partition coefficient (Wildman–Crippen LogP) is 2.68. The van der Waals surface area contributed by atoms with E-state index < -0.39 is 5.97 Å². The van der Waals surface area contributed by atoms with Gasteiger partial charge >= 0.3 is 5.97 Å². The Balaban J connectivity index is 2.23. The third-order valence-corrected chi connectivity index (χ3v) is 3.14. The summed E-state index contributed by atoms with van der Waals surface area (Å²) in [7, 11) is 0. The van der Waals surface area contributed by atoms with Gasteiger partial charge in [0.1, 0.15) is 5.75 Å². The van der Waals surface area contributed by atoms with Crippen LogP contribution in [0.4, 0.5) is 0 Å². The summed E-state index contributed by atoms with van der Waals surface area (Å²) < 4.78 is 11.0. The summed E-state index contributed by atoms with van der Waals surface area (Å²) >= 11 is 3.31. The highest BCUT2D eigenvalue weighted by Crippen LogP contribution is 2.17. The lowest BCUT2D eigenvalue weighted by Crippen LogP contribution is -2.36. The van der Waals surface area contributed by atoms with Gasteiger partial charge in [-0.1, -0.05) is 35.3 Å². The lowest BCUT2D eigenvalue weighted by molar-refractivity contribution is -0.150. The highest BCUT2D eigenvalue weighted by Gasteiger charge is 2.10. The average molecular weight is 358 g/mol. The Morgan fingerprint density at radius 3 is 2.76 bits per heavy atom. The molecule has 0 heterocycles. The van der Waals surface area contributed by atoms with E-state index in [9.17, 15) is 9.59 Å². The Bertz CT molecular complexity index is 478. The second-order valence-corrected chi connectivity index (χ2v) is 5.58. The SMILES string of the molecule is CCCC(C)NC(=O)COC(=O)COc1cccc(Br)c1. The van der Waals surface area contributed by atoms with Gasteiger partial charge in [-0.05, 0) is 31.5 Å². The highest BCUT2D eigenvalue weighted by atomic mass is 79.9. The molecule has 1 N–H and O–H groups in total. The van der Waals surface area contributed by atoms with Crippen LogP contribution in [-0.4, -0.2) is 31.1 Å². The number of benzene rings is 1. The van der Waals surface area contributed by atoms with Crippen molar-refractivity contribution in [3.05, 3.63) is 28.7 Å². The maximum atomic E-state index is 11.5. The van der Waals surface area contributed by atoms with Crippen molar-refractivity contribution in [2.75, 3.05) is 13.2 Å². The molecule has 0 aliphatic carbocycles. The molecule has 0 fully saturated rings. The molecular formula is C15H20BrNO4. The van der Waals surface area contributed by atoms with Crippen molar-refractivity contribution in [1.29, 1.82) is 0 Å². The minimum Gasteiger partial charge on any atom is -0.482 e. The van der Waals surface area contributed by atoms with E-state index in [-0.39, 0.29) is 25.2 Å². The topological polar surface area (TPSA) is 64.6 Å². The molecule has 0 aliphatic rings. The van der Waals surface area contributed by atoms with Crippen LogP contribution in [0, 0.1) is 0 Å². The highest BCUT2D eigenvalue weighted by molar-refractivity contribution is 9.10. The van der Waals surface area contributed by atoms with Crippen molar-refractivity contribution in [2.24, 2.45) is 0 Å². The van der Waals surface area contributed by atoms with E-state index in [1.807, 2.05) is 19.9 Å². The van der Waals surface area contributed by atoms with Crippen molar-refractivity contribution in [2.45, 2.75) is 32.7 Å². The number of rotatable bonds is 8. The molecule has 21 heavy (non-hydrogen) atoms. The van der Waals surface area contributed by atoms with Crippen LogP contribution in [0.1, 0.15) is 26.7 Å². The van der Waals surface area contributed by atoms with Crippen molar-refractivity contribution in [3.8, 4) is 5.75 Å². The van der Waals surface area contributed by atoms with E-state index >= 15 is 0 Å². The molecule has 0 aromatic heterocycles. The van der Waals surface area contributed by atoms with Crippen LogP contribution >= 0.6 is 15.9 Å². The van der Waals surface area contributed by atoms with Crippen LogP contribution in [0.25, 0.3) is 0 Å². The van der Waals surface area contributed by atoms with E-state index in [2.05, 4.69) is 21.2 Å². The van der Waals surface area contributed by atoms with E-state index in [4.69, 9.17) is 9.47 Å². The molecule has 0 saturated carbocycles. The van der Waals surface area contributed by atoms with E-state index in [1.165, 1.54) is 0 Å². The summed E-state index contributed by atoms with van der Waals surface area (Å²) in [5, 5.41) is 2.75. The number of carbonyl (C=O) groups is 2. The molecule has 0 radical (unpaired) electrons. The second kappa shape index (κ2) is 9.39. The normalized spacial score (nSPS) is 11.6. The lowest BCUT2D eigenvalue weighted by atomic mass is 10.2. The summed E-state index contributed by atoms with van der Waals surface area (Å²) in [5.41, 5.74) is 0. The number of halogens is 1. The number of hydrogen-bond acceptors (Lipinski definition) is 4. The van der Waals surface area contributed by atoms with Crippen molar-refractivity contribution >= 4 is 27.8 Å². The second-order valence-electron chi connectivity index (χ2n) is 4.66. The van der Waals surface area contributed by atoms with Crippen LogP contribution in [0.5, 0.6) is 5.75 Å². The van der Waals surface area contributed by atoms with Gasteiger partial charge in [-0.25, -0.2) is 4.79 Å². The largest absolute Gasteiger partial charge is 0.482 e.